The second-order valence-corrected chi connectivity index (χ2v) is 10.7. The number of hydrogen-bond acceptors (Lipinski definition) is 13. The van der Waals surface area contributed by atoms with Gasteiger partial charge in [-0.25, -0.2) is 0 Å². The number of rotatable bonds is 10. The van der Waals surface area contributed by atoms with Crippen LogP contribution in [0.4, 0.5) is 0 Å². The predicted octanol–water partition coefficient (Wildman–Crippen LogP) is -3.68. The molecule has 14 heteroatoms. The number of amides is 1. The molecule has 2 unspecified atom stereocenters. The van der Waals surface area contributed by atoms with Crippen molar-refractivity contribution in [1.29, 1.82) is 0 Å². The van der Waals surface area contributed by atoms with E-state index < -0.39 is 72.7 Å². The summed E-state index contributed by atoms with van der Waals surface area (Å²) in [4.78, 5) is 12.6. The van der Waals surface area contributed by atoms with Crippen LogP contribution in [0, 0.1) is 5.92 Å². The lowest BCUT2D eigenvalue weighted by Gasteiger charge is -2.49. The van der Waals surface area contributed by atoms with Gasteiger partial charge >= 0.3 is 0 Å². The second-order valence-electron chi connectivity index (χ2n) is 10.7. The van der Waals surface area contributed by atoms with Crippen molar-refractivity contribution in [2.45, 2.75) is 99.9 Å². The lowest BCUT2D eigenvalue weighted by Crippen LogP contribution is -2.68. The van der Waals surface area contributed by atoms with E-state index in [4.69, 9.17) is 36.1 Å². The van der Waals surface area contributed by atoms with Crippen molar-refractivity contribution in [3.63, 3.8) is 0 Å². The van der Waals surface area contributed by atoms with Crippen molar-refractivity contribution in [2.24, 2.45) is 23.1 Å². The number of ether oxygens (including phenoxy) is 4. The van der Waals surface area contributed by atoms with Crippen LogP contribution < -0.4 is 27.8 Å². The van der Waals surface area contributed by atoms with E-state index in [9.17, 15) is 25.2 Å². The quantitative estimate of drug-likeness (QED) is 0.128. The summed E-state index contributed by atoms with van der Waals surface area (Å²) in [6.45, 7) is 3.50. The van der Waals surface area contributed by atoms with Gasteiger partial charge in [-0.05, 0) is 51.8 Å². The fourth-order valence-electron chi connectivity index (χ4n) is 5.33. The molecule has 0 aromatic carbocycles. The zero-order chi connectivity index (χ0) is 28.2. The molecule has 1 aliphatic carbocycles. The van der Waals surface area contributed by atoms with Crippen molar-refractivity contribution in [3.05, 3.63) is 11.8 Å². The third-order valence-electron chi connectivity index (χ3n) is 7.49. The highest BCUT2D eigenvalue weighted by Crippen LogP contribution is 2.35. The summed E-state index contributed by atoms with van der Waals surface area (Å²) in [5, 5.41) is 48.7. The maximum absolute atomic E-state index is 12.6. The van der Waals surface area contributed by atoms with Crippen LogP contribution in [-0.2, 0) is 23.7 Å². The molecule has 12 atom stereocenters. The number of likely N-dealkylation sites (N-methyl/N-ethyl adjacent to an activating group) is 1. The maximum atomic E-state index is 12.6. The standard InChI is InChI=1S/C24H45N5O9/c1-11-8-14(29-21(33)15(30)6-7-25)19(38-23-17(32)20(28-3)24(2,34)10-35-23)16(31)18(11)37-22-13(27)5-4-12(9-26)36-22/h4,11,13-20,22-23,28,30-32,34H,5-10,25-27H2,1-3H3,(H,29,33)/t11-,13+,14+,15-,16-,17?,18+,19-,20+,22?,23+,24-/m0/s1. The first-order valence-corrected chi connectivity index (χ1v) is 13.1. The van der Waals surface area contributed by atoms with Gasteiger partial charge in [0.05, 0.1) is 37.4 Å². The number of carbonyl (C=O) groups is 1. The topological polar surface area (TPSA) is 237 Å². The zero-order valence-electron chi connectivity index (χ0n) is 22.2. The molecule has 220 valence electrons. The van der Waals surface area contributed by atoms with Crippen molar-refractivity contribution >= 4 is 5.91 Å². The minimum atomic E-state index is -1.37. The molecule has 12 N–H and O–H groups in total. The molecule has 0 spiro atoms. The first-order valence-electron chi connectivity index (χ1n) is 13.1. The summed E-state index contributed by atoms with van der Waals surface area (Å²) < 4.78 is 23.6. The van der Waals surface area contributed by atoms with Crippen molar-refractivity contribution in [2.75, 3.05) is 26.7 Å². The summed E-state index contributed by atoms with van der Waals surface area (Å²) >= 11 is 0. The normalized spacial score (nSPS) is 42.6. The summed E-state index contributed by atoms with van der Waals surface area (Å²) in [6, 6.07) is -2.05. The van der Waals surface area contributed by atoms with Crippen molar-refractivity contribution in [1.82, 2.24) is 10.6 Å². The van der Waals surface area contributed by atoms with Crippen LogP contribution >= 0.6 is 0 Å². The molecular weight excluding hydrogens is 502 g/mol. The average molecular weight is 548 g/mol. The fourth-order valence-corrected chi connectivity index (χ4v) is 5.33. The Balaban J connectivity index is 1.82. The van der Waals surface area contributed by atoms with E-state index in [0.29, 0.717) is 18.6 Å². The van der Waals surface area contributed by atoms with Crippen LogP contribution in [0.25, 0.3) is 0 Å². The first-order chi connectivity index (χ1) is 17.9. The van der Waals surface area contributed by atoms with Gasteiger partial charge in [0.2, 0.25) is 12.2 Å². The van der Waals surface area contributed by atoms with E-state index in [1.54, 1.807) is 13.1 Å². The molecule has 0 aromatic rings. The zero-order valence-corrected chi connectivity index (χ0v) is 22.2. The van der Waals surface area contributed by atoms with E-state index in [-0.39, 0.29) is 32.0 Å². The lowest BCUT2D eigenvalue weighted by molar-refractivity contribution is -0.306. The molecule has 14 nitrogen and oxygen atoms in total. The molecule has 1 saturated heterocycles. The van der Waals surface area contributed by atoms with Gasteiger partial charge in [0.25, 0.3) is 0 Å². The SMILES string of the molecule is CN[C@@H]1C(O)[C@@H](O[C@@H]2[C@@H](O)[C@H](OC3OC(CN)=CC[C@H]3N)[C@@H](C)C[C@H]2NC(=O)[C@@H](O)CCN)OC[C@]1(C)O. The smallest absolute Gasteiger partial charge is 0.249 e. The Morgan fingerprint density at radius 3 is 2.55 bits per heavy atom. The minimum absolute atomic E-state index is 0.0607. The molecule has 1 saturated carbocycles. The summed E-state index contributed by atoms with van der Waals surface area (Å²) in [5.74, 6) is -0.428. The Labute approximate surface area is 222 Å². The Kier molecular flexibility index (Phi) is 10.9. The third kappa shape index (κ3) is 7.01. The molecule has 38 heavy (non-hydrogen) atoms. The number of nitrogens with two attached hydrogens (primary N) is 3. The first kappa shape index (κ1) is 31.1. The van der Waals surface area contributed by atoms with Crippen molar-refractivity contribution < 1.29 is 44.2 Å². The van der Waals surface area contributed by atoms with Gasteiger partial charge < -0.3 is 67.2 Å². The van der Waals surface area contributed by atoms with E-state index >= 15 is 0 Å². The molecule has 2 heterocycles. The van der Waals surface area contributed by atoms with E-state index in [1.165, 1.54) is 6.92 Å². The van der Waals surface area contributed by atoms with Crippen LogP contribution in [0.1, 0.15) is 33.1 Å². The molecule has 3 aliphatic rings. The van der Waals surface area contributed by atoms with Crippen LogP contribution in [-0.4, -0.2) is 120 Å². The highest BCUT2D eigenvalue weighted by atomic mass is 16.7. The average Bonchev–Trinajstić information content (AvgIpc) is 2.86. The molecule has 0 aromatic heterocycles. The Morgan fingerprint density at radius 1 is 1.24 bits per heavy atom. The lowest BCUT2D eigenvalue weighted by atomic mass is 9.79. The molecule has 1 amide bonds. The molecule has 0 bridgehead atoms. The third-order valence-corrected chi connectivity index (χ3v) is 7.49. The van der Waals surface area contributed by atoms with Gasteiger partial charge in [0, 0.05) is 0 Å². The van der Waals surface area contributed by atoms with E-state index in [2.05, 4.69) is 10.6 Å². The van der Waals surface area contributed by atoms with E-state index in [1.807, 2.05) is 6.92 Å². The monoisotopic (exact) mass is 547 g/mol. The van der Waals surface area contributed by atoms with Gasteiger partial charge in [0.1, 0.15) is 35.8 Å². The van der Waals surface area contributed by atoms with Gasteiger partial charge in [-0.3, -0.25) is 4.79 Å². The van der Waals surface area contributed by atoms with Crippen LogP contribution in [0.2, 0.25) is 0 Å². The van der Waals surface area contributed by atoms with Crippen LogP contribution in [0.15, 0.2) is 11.8 Å². The highest BCUT2D eigenvalue weighted by molar-refractivity contribution is 5.80. The van der Waals surface area contributed by atoms with Crippen LogP contribution in [0.3, 0.4) is 0 Å². The summed E-state index contributed by atoms with van der Waals surface area (Å²) in [6.07, 6.45) is -5.36. The number of carbonyl (C=O) groups excluding carboxylic acids is 1. The Hall–Kier alpha value is -1.43. The van der Waals surface area contributed by atoms with Crippen molar-refractivity contribution in [3.8, 4) is 0 Å². The molecule has 2 fully saturated rings. The maximum Gasteiger partial charge on any atom is 0.249 e. The summed E-state index contributed by atoms with van der Waals surface area (Å²) in [5.41, 5.74) is 16.0. The predicted molar refractivity (Wildman–Crippen MR) is 135 cm³/mol. The van der Waals surface area contributed by atoms with Gasteiger partial charge in [0.15, 0.2) is 6.29 Å². The van der Waals surface area contributed by atoms with E-state index in [0.717, 1.165) is 0 Å². The molecule has 2 aliphatic heterocycles. The highest BCUT2D eigenvalue weighted by Gasteiger charge is 2.51. The number of nitrogens with one attached hydrogen (secondary N) is 2. The minimum Gasteiger partial charge on any atom is -0.467 e. The van der Waals surface area contributed by atoms with Gasteiger partial charge in [-0.15, -0.1) is 0 Å². The number of aliphatic hydroxyl groups excluding tert-OH is 3. The Bertz CT molecular complexity index is 818. The van der Waals surface area contributed by atoms with Gasteiger partial charge in [-0.1, -0.05) is 6.92 Å². The second kappa shape index (κ2) is 13.3. The largest absolute Gasteiger partial charge is 0.467 e. The number of aliphatic hydroxyl groups is 4. The van der Waals surface area contributed by atoms with Gasteiger partial charge in [-0.2, -0.15) is 0 Å². The van der Waals surface area contributed by atoms with Crippen LogP contribution in [0.5, 0.6) is 0 Å². The fraction of sp³-hybridized carbons (Fsp3) is 0.875. The molecule has 3 rings (SSSR count). The number of hydrogen-bond donors (Lipinski definition) is 9. The summed E-state index contributed by atoms with van der Waals surface area (Å²) in [7, 11) is 1.59. The molecular formula is C24H45N5O9. The Morgan fingerprint density at radius 2 is 1.92 bits per heavy atom. The molecule has 0 radical (unpaired) electrons.